The fourth-order valence-electron chi connectivity index (χ4n) is 3.83. The van der Waals surface area contributed by atoms with Gasteiger partial charge in [-0.3, -0.25) is 0 Å². The Morgan fingerprint density at radius 3 is 2.34 bits per heavy atom. The van der Waals surface area contributed by atoms with E-state index in [9.17, 15) is 14.4 Å². The molecule has 2 rings (SSSR count). The van der Waals surface area contributed by atoms with E-state index in [1.807, 2.05) is 0 Å². The fourth-order valence-corrected chi connectivity index (χ4v) is 3.83. The number of unbranched alkanes of at least 4 members (excludes halogenated alkanes) is 1. The van der Waals surface area contributed by atoms with Gasteiger partial charge in [0.2, 0.25) is 0 Å². The number of esters is 2. The first kappa shape index (κ1) is 25.4. The van der Waals surface area contributed by atoms with Crippen LogP contribution < -0.4 is 4.74 Å². The van der Waals surface area contributed by atoms with Crippen LogP contribution in [0.2, 0.25) is 0 Å². The second-order valence-corrected chi connectivity index (χ2v) is 8.57. The standard InChI is InChI=1S/C25H34O7/c1-5-23(26)29-14-6-7-15-30-25(28)31-20-11-9-19(10-12-20)24(27)32-22-16-18(4)8-13-21(22)17(2)3/h5,9-12,17-18,21-22H,1,6-8,13-16H2,2-4H3. The molecule has 0 amide bonds. The summed E-state index contributed by atoms with van der Waals surface area (Å²) in [5.41, 5.74) is 0.417. The molecule has 7 heteroatoms. The summed E-state index contributed by atoms with van der Waals surface area (Å²) in [5.74, 6) is 0.821. The van der Waals surface area contributed by atoms with Crippen LogP contribution in [0.4, 0.5) is 4.79 Å². The molecule has 1 saturated carbocycles. The average molecular weight is 447 g/mol. The number of ether oxygens (including phenoxy) is 4. The van der Waals surface area contributed by atoms with Crippen LogP contribution in [0.15, 0.2) is 36.9 Å². The number of hydrogen-bond donors (Lipinski definition) is 0. The lowest BCUT2D eigenvalue weighted by Gasteiger charge is -2.36. The van der Waals surface area contributed by atoms with Gasteiger partial charge in [-0.1, -0.05) is 33.8 Å². The summed E-state index contributed by atoms with van der Waals surface area (Å²) < 4.78 is 20.8. The Bertz CT molecular complexity index is 769. The zero-order valence-electron chi connectivity index (χ0n) is 19.2. The molecule has 0 aliphatic heterocycles. The molecule has 7 nitrogen and oxygen atoms in total. The van der Waals surface area contributed by atoms with Crippen molar-refractivity contribution in [1.82, 2.24) is 0 Å². The second-order valence-electron chi connectivity index (χ2n) is 8.57. The van der Waals surface area contributed by atoms with Gasteiger partial charge in [-0.15, -0.1) is 0 Å². The summed E-state index contributed by atoms with van der Waals surface area (Å²) in [5, 5.41) is 0. The van der Waals surface area contributed by atoms with Gasteiger partial charge in [0.15, 0.2) is 0 Å². The van der Waals surface area contributed by atoms with Crippen molar-refractivity contribution in [2.75, 3.05) is 13.2 Å². The maximum absolute atomic E-state index is 12.6. The Balaban J connectivity index is 1.76. The molecule has 0 N–H and O–H groups in total. The minimum Gasteiger partial charge on any atom is -0.463 e. The van der Waals surface area contributed by atoms with Crippen molar-refractivity contribution in [2.24, 2.45) is 17.8 Å². The van der Waals surface area contributed by atoms with Gasteiger partial charge >= 0.3 is 18.1 Å². The molecule has 0 spiro atoms. The van der Waals surface area contributed by atoms with Crippen molar-refractivity contribution in [3.63, 3.8) is 0 Å². The highest BCUT2D eigenvalue weighted by molar-refractivity contribution is 5.89. The number of carbonyl (C=O) groups is 3. The molecule has 32 heavy (non-hydrogen) atoms. The fraction of sp³-hybridized carbons (Fsp3) is 0.560. The lowest BCUT2D eigenvalue weighted by Crippen LogP contribution is -2.35. The van der Waals surface area contributed by atoms with E-state index in [4.69, 9.17) is 18.9 Å². The van der Waals surface area contributed by atoms with Gasteiger partial charge in [0, 0.05) is 6.08 Å². The van der Waals surface area contributed by atoms with E-state index in [1.54, 1.807) is 12.1 Å². The Morgan fingerprint density at radius 1 is 1.06 bits per heavy atom. The van der Waals surface area contributed by atoms with Crippen molar-refractivity contribution in [1.29, 1.82) is 0 Å². The minimum absolute atomic E-state index is 0.0718. The normalized spacial score (nSPS) is 20.3. The van der Waals surface area contributed by atoms with Crippen LogP contribution >= 0.6 is 0 Å². The highest BCUT2D eigenvalue weighted by Crippen LogP contribution is 2.35. The molecule has 176 valence electrons. The molecule has 1 fully saturated rings. The highest BCUT2D eigenvalue weighted by Gasteiger charge is 2.33. The van der Waals surface area contributed by atoms with E-state index in [0.717, 1.165) is 18.9 Å². The molecular formula is C25H34O7. The van der Waals surface area contributed by atoms with Crippen molar-refractivity contribution < 1.29 is 33.3 Å². The van der Waals surface area contributed by atoms with Crippen LogP contribution in [0.1, 0.15) is 63.2 Å². The summed E-state index contributed by atoms with van der Waals surface area (Å²) in [6, 6.07) is 6.23. The summed E-state index contributed by atoms with van der Waals surface area (Å²) in [6.07, 6.45) is 4.41. The van der Waals surface area contributed by atoms with Gasteiger partial charge in [0.25, 0.3) is 0 Å². The number of carbonyl (C=O) groups excluding carboxylic acids is 3. The zero-order chi connectivity index (χ0) is 23.5. The van der Waals surface area contributed by atoms with Gasteiger partial charge in [-0.2, -0.15) is 0 Å². The first-order valence-electron chi connectivity index (χ1n) is 11.2. The predicted molar refractivity (Wildman–Crippen MR) is 119 cm³/mol. The minimum atomic E-state index is -0.834. The summed E-state index contributed by atoms with van der Waals surface area (Å²) in [6.45, 7) is 10.2. The van der Waals surface area contributed by atoms with Gasteiger partial charge in [-0.25, -0.2) is 14.4 Å². The molecule has 0 saturated heterocycles. The predicted octanol–water partition coefficient (Wildman–Crippen LogP) is 5.33. The Hall–Kier alpha value is -2.83. The maximum Gasteiger partial charge on any atom is 0.513 e. The van der Waals surface area contributed by atoms with Crippen molar-refractivity contribution in [3.05, 3.63) is 42.5 Å². The first-order chi connectivity index (χ1) is 15.3. The van der Waals surface area contributed by atoms with E-state index >= 15 is 0 Å². The smallest absolute Gasteiger partial charge is 0.463 e. The third-order valence-electron chi connectivity index (χ3n) is 5.68. The second kappa shape index (κ2) is 12.9. The quantitative estimate of drug-likeness (QED) is 0.158. The van der Waals surface area contributed by atoms with E-state index < -0.39 is 12.1 Å². The molecule has 1 aliphatic carbocycles. The van der Waals surface area contributed by atoms with E-state index in [1.165, 1.54) is 18.6 Å². The van der Waals surface area contributed by atoms with Crippen LogP contribution in [-0.4, -0.2) is 37.4 Å². The number of hydrogen-bond acceptors (Lipinski definition) is 7. The summed E-state index contributed by atoms with van der Waals surface area (Å²) in [4.78, 5) is 35.3. The van der Waals surface area contributed by atoms with Gasteiger partial charge in [-0.05, 0) is 67.7 Å². The van der Waals surface area contributed by atoms with Crippen LogP contribution in [0.3, 0.4) is 0 Å². The Labute approximate surface area is 190 Å². The molecule has 0 heterocycles. The first-order valence-corrected chi connectivity index (χ1v) is 11.2. The molecule has 0 bridgehead atoms. The lowest BCUT2D eigenvalue weighted by molar-refractivity contribution is -0.137. The van der Waals surface area contributed by atoms with Gasteiger partial charge < -0.3 is 18.9 Å². The molecule has 3 atom stereocenters. The van der Waals surface area contributed by atoms with Crippen LogP contribution in [0, 0.1) is 17.8 Å². The number of benzene rings is 1. The average Bonchev–Trinajstić information content (AvgIpc) is 2.76. The number of rotatable bonds is 10. The maximum atomic E-state index is 12.6. The largest absolute Gasteiger partial charge is 0.513 e. The van der Waals surface area contributed by atoms with Crippen LogP contribution in [-0.2, 0) is 19.0 Å². The van der Waals surface area contributed by atoms with Gasteiger partial charge in [0.05, 0.1) is 18.8 Å². The van der Waals surface area contributed by atoms with E-state index in [0.29, 0.717) is 36.2 Å². The van der Waals surface area contributed by atoms with Crippen molar-refractivity contribution in [3.8, 4) is 5.75 Å². The molecule has 0 radical (unpaired) electrons. The van der Waals surface area contributed by atoms with E-state index in [-0.39, 0.29) is 31.0 Å². The van der Waals surface area contributed by atoms with Crippen molar-refractivity contribution >= 4 is 18.1 Å². The summed E-state index contributed by atoms with van der Waals surface area (Å²) in [7, 11) is 0. The lowest BCUT2D eigenvalue weighted by atomic mass is 9.75. The van der Waals surface area contributed by atoms with E-state index in [2.05, 4.69) is 27.4 Å². The molecule has 1 aliphatic rings. The topological polar surface area (TPSA) is 88.1 Å². The monoisotopic (exact) mass is 446 g/mol. The summed E-state index contributed by atoms with van der Waals surface area (Å²) >= 11 is 0. The zero-order valence-corrected chi connectivity index (χ0v) is 19.2. The Kier molecular flexibility index (Phi) is 10.2. The third-order valence-corrected chi connectivity index (χ3v) is 5.68. The highest BCUT2D eigenvalue weighted by atomic mass is 16.7. The third kappa shape index (κ3) is 8.36. The molecule has 3 unspecified atom stereocenters. The molecule has 1 aromatic carbocycles. The van der Waals surface area contributed by atoms with Crippen LogP contribution in [0.25, 0.3) is 0 Å². The van der Waals surface area contributed by atoms with Crippen LogP contribution in [0.5, 0.6) is 5.75 Å². The molecular weight excluding hydrogens is 412 g/mol. The Morgan fingerprint density at radius 2 is 1.72 bits per heavy atom. The van der Waals surface area contributed by atoms with Crippen molar-refractivity contribution in [2.45, 2.75) is 59.0 Å². The SMILES string of the molecule is C=CC(=O)OCCCCOC(=O)Oc1ccc(C(=O)OC2CC(C)CCC2C(C)C)cc1. The van der Waals surface area contributed by atoms with Gasteiger partial charge in [0.1, 0.15) is 11.9 Å². The molecule has 1 aromatic rings. The molecule has 0 aromatic heterocycles.